The number of hydrogen-bond acceptors (Lipinski definition) is 3. The summed E-state index contributed by atoms with van der Waals surface area (Å²) in [5.74, 6) is -1.47. The van der Waals surface area contributed by atoms with Crippen molar-refractivity contribution >= 4 is 49.4 Å². The van der Waals surface area contributed by atoms with E-state index in [9.17, 15) is 9.59 Å². The van der Waals surface area contributed by atoms with Crippen LogP contribution in [0.25, 0.3) is 0 Å². The number of amides is 2. The zero-order chi connectivity index (χ0) is 24.7. The minimum absolute atomic E-state index is 0.170. The van der Waals surface area contributed by atoms with E-state index in [1.165, 1.54) is 4.90 Å². The van der Waals surface area contributed by atoms with Crippen LogP contribution in [0.3, 0.4) is 0 Å². The van der Waals surface area contributed by atoms with Gasteiger partial charge in [-0.25, -0.2) is 4.90 Å². The van der Waals surface area contributed by atoms with Gasteiger partial charge in [-0.1, -0.05) is 92.5 Å². The van der Waals surface area contributed by atoms with Crippen LogP contribution in [0, 0.1) is 11.8 Å². The summed E-state index contributed by atoms with van der Waals surface area (Å²) < 4.78 is -1.55. The van der Waals surface area contributed by atoms with Crippen LogP contribution in [0.5, 0.6) is 0 Å². The predicted octanol–water partition coefficient (Wildman–Crippen LogP) is 6.08. The highest BCUT2D eigenvalue weighted by atomic mass is 79.9. The topological polar surface area (TPSA) is 50.3 Å². The van der Waals surface area contributed by atoms with E-state index in [4.69, 9.17) is 0 Å². The molecular weight excluding hydrogens is 580 g/mol. The first kappa shape index (κ1) is 22.1. The van der Waals surface area contributed by atoms with Gasteiger partial charge < -0.3 is 0 Å². The van der Waals surface area contributed by atoms with E-state index in [1.807, 2.05) is 60.7 Å². The molecule has 4 aliphatic rings. The highest BCUT2D eigenvalue weighted by molar-refractivity contribution is 9.10. The number of carbonyl (C=O) groups is 2. The first-order valence-corrected chi connectivity index (χ1v) is 13.5. The molecule has 0 radical (unpaired) electrons. The predicted molar refractivity (Wildman–Crippen MR) is 145 cm³/mol. The number of hydrogen-bond donors (Lipinski definition) is 0. The van der Waals surface area contributed by atoms with Crippen molar-refractivity contribution in [2.75, 3.05) is 4.90 Å². The maximum absolute atomic E-state index is 14.1. The molecule has 4 aromatic rings. The zero-order valence-electron chi connectivity index (χ0n) is 19.1. The number of imide groups is 1. The van der Waals surface area contributed by atoms with Gasteiger partial charge in [0.25, 0.3) is 0 Å². The Labute approximate surface area is 225 Å². The lowest BCUT2D eigenvalue weighted by molar-refractivity contribution is -0.122. The second-order valence-electron chi connectivity index (χ2n) is 9.68. The molecule has 4 nitrogen and oxygen atoms in total. The molecule has 36 heavy (non-hydrogen) atoms. The number of aromatic nitrogens is 1. The van der Waals surface area contributed by atoms with Crippen LogP contribution in [0.2, 0.25) is 0 Å². The molecule has 0 N–H and O–H groups in total. The summed E-state index contributed by atoms with van der Waals surface area (Å²) in [6, 6.07) is 28.0. The van der Waals surface area contributed by atoms with E-state index in [1.54, 1.807) is 12.4 Å². The van der Waals surface area contributed by atoms with Gasteiger partial charge in [-0.2, -0.15) is 0 Å². The average Bonchev–Trinajstić information content (AvgIpc) is 3.19. The van der Waals surface area contributed by atoms with Gasteiger partial charge in [0, 0.05) is 12.4 Å². The van der Waals surface area contributed by atoms with Gasteiger partial charge in [-0.15, -0.1) is 0 Å². The van der Waals surface area contributed by atoms with Crippen molar-refractivity contribution in [2.24, 2.45) is 11.8 Å². The Hall–Kier alpha value is -3.09. The highest BCUT2D eigenvalue weighted by Crippen LogP contribution is 2.70. The lowest BCUT2D eigenvalue weighted by atomic mass is 9.54. The second kappa shape index (κ2) is 7.70. The number of pyridine rings is 1. The van der Waals surface area contributed by atoms with Gasteiger partial charge in [0.2, 0.25) is 11.8 Å². The zero-order valence-corrected chi connectivity index (χ0v) is 22.2. The summed E-state index contributed by atoms with van der Waals surface area (Å²) in [5, 5.41) is 0. The van der Waals surface area contributed by atoms with Gasteiger partial charge in [-0.3, -0.25) is 14.6 Å². The molecule has 1 fully saturated rings. The number of carbonyl (C=O) groups excluding carboxylic acids is 2. The van der Waals surface area contributed by atoms with Crippen molar-refractivity contribution in [3.05, 3.63) is 131 Å². The van der Waals surface area contributed by atoms with Crippen molar-refractivity contribution in [1.82, 2.24) is 4.98 Å². The van der Waals surface area contributed by atoms with Crippen LogP contribution < -0.4 is 4.90 Å². The van der Waals surface area contributed by atoms with E-state index >= 15 is 0 Å². The number of alkyl halides is 2. The second-order valence-corrected chi connectivity index (χ2v) is 12.2. The lowest BCUT2D eigenvalue weighted by Crippen LogP contribution is -2.56. The number of nitrogens with zero attached hydrogens (tertiary/aromatic N) is 2. The largest absolute Gasteiger partial charge is 0.274 e. The average molecular weight is 600 g/mol. The molecule has 8 rings (SSSR count). The fourth-order valence-corrected chi connectivity index (χ4v) is 8.72. The van der Waals surface area contributed by atoms with Crippen LogP contribution in [-0.4, -0.2) is 16.8 Å². The summed E-state index contributed by atoms with van der Waals surface area (Å²) in [7, 11) is 0. The minimum atomic E-state index is -0.775. The molecule has 2 heterocycles. The van der Waals surface area contributed by atoms with Crippen molar-refractivity contribution in [1.29, 1.82) is 0 Å². The molecule has 2 atom stereocenters. The van der Waals surface area contributed by atoms with E-state index in [2.05, 4.69) is 61.1 Å². The number of anilines is 1. The fraction of sp³-hybridized carbons (Fsp3) is 0.167. The van der Waals surface area contributed by atoms with Crippen LogP contribution in [-0.2, 0) is 24.7 Å². The Morgan fingerprint density at radius 2 is 1.06 bits per heavy atom. The van der Waals surface area contributed by atoms with Crippen molar-refractivity contribution in [3.63, 3.8) is 0 Å². The SMILES string of the molecule is O=C1[C@H]2[C@H](C(=O)N1c1ccc(Cc3ccncc3)cc1)C1(Br)c3ccccc3C2(Br)c2ccccc21. The number of benzene rings is 3. The third kappa shape index (κ3) is 2.72. The maximum atomic E-state index is 14.1. The Kier molecular flexibility index (Phi) is 4.74. The lowest BCUT2D eigenvalue weighted by Gasteiger charge is -2.55. The van der Waals surface area contributed by atoms with Gasteiger partial charge in [-0.05, 0) is 64.1 Å². The number of halogens is 2. The summed E-state index contributed by atoms with van der Waals surface area (Å²) in [6.45, 7) is 0. The highest BCUT2D eigenvalue weighted by Gasteiger charge is 2.72. The molecule has 3 aliphatic carbocycles. The van der Waals surface area contributed by atoms with E-state index in [0.717, 1.165) is 39.8 Å². The van der Waals surface area contributed by atoms with E-state index in [0.29, 0.717) is 5.69 Å². The Bertz CT molecular complexity index is 1430. The van der Waals surface area contributed by atoms with Crippen LogP contribution >= 0.6 is 31.9 Å². The first-order valence-electron chi connectivity index (χ1n) is 11.9. The Morgan fingerprint density at radius 1 is 0.639 bits per heavy atom. The smallest absolute Gasteiger partial charge is 0.239 e. The minimum Gasteiger partial charge on any atom is -0.274 e. The van der Waals surface area contributed by atoms with Gasteiger partial charge in [0.15, 0.2) is 0 Å². The molecule has 6 heteroatoms. The standard InChI is InChI=1S/C30H20Br2N2O2/c31-29-21-5-1-2-6-22(21)30(32,24-8-4-3-7-23(24)29)26-25(29)27(35)34(28(26)36)20-11-9-18(10-12-20)17-19-13-15-33-16-14-19/h1-16,25-26H,17H2/t25-,26-,29?,30?/m1/s1. The molecule has 1 saturated heterocycles. The molecular formula is C30H20Br2N2O2. The monoisotopic (exact) mass is 598 g/mol. The van der Waals surface area contributed by atoms with Crippen molar-refractivity contribution in [2.45, 2.75) is 15.1 Å². The Balaban J connectivity index is 1.34. The summed E-state index contributed by atoms with van der Waals surface area (Å²) in [6.07, 6.45) is 4.32. The summed E-state index contributed by atoms with van der Waals surface area (Å²) >= 11 is 8.10. The van der Waals surface area contributed by atoms with Crippen molar-refractivity contribution < 1.29 is 9.59 Å². The summed E-state index contributed by atoms with van der Waals surface area (Å²) in [4.78, 5) is 33.7. The molecule has 1 aromatic heterocycles. The van der Waals surface area contributed by atoms with Crippen LogP contribution in [0.15, 0.2) is 97.3 Å². The molecule has 3 aromatic carbocycles. The van der Waals surface area contributed by atoms with Crippen LogP contribution in [0.1, 0.15) is 33.4 Å². The normalized spacial score (nSPS) is 27.6. The molecule has 0 spiro atoms. The Morgan fingerprint density at radius 3 is 1.50 bits per heavy atom. The number of rotatable bonds is 3. The third-order valence-electron chi connectivity index (χ3n) is 7.94. The first-order chi connectivity index (χ1) is 17.5. The fourth-order valence-electron chi connectivity index (χ4n) is 6.42. The molecule has 1 aliphatic heterocycles. The molecule has 0 unspecified atom stereocenters. The van der Waals surface area contributed by atoms with Crippen LogP contribution in [0.4, 0.5) is 5.69 Å². The van der Waals surface area contributed by atoms with E-state index < -0.39 is 20.5 Å². The maximum Gasteiger partial charge on any atom is 0.239 e. The molecule has 2 amide bonds. The van der Waals surface area contributed by atoms with Gasteiger partial charge >= 0.3 is 0 Å². The van der Waals surface area contributed by atoms with Gasteiger partial charge in [0.05, 0.1) is 26.2 Å². The summed E-state index contributed by atoms with van der Waals surface area (Å²) in [5.41, 5.74) is 7.03. The van der Waals surface area contributed by atoms with Crippen molar-refractivity contribution in [3.8, 4) is 0 Å². The van der Waals surface area contributed by atoms with E-state index in [-0.39, 0.29) is 11.8 Å². The molecule has 176 valence electrons. The molecule has 0 saturated carbocycles. The third-order valence-corrected chi connectivity index (χ3v) is 10.6. The van der Waals surface area contributed by atoms with Gasteiger partial charge in [0.1, 0.15) is 0 Å². The molecule has 2 bridgehead atoms. The quantitative estimate of drug-likeness (QED) is 0.212.